The number of aryl methyl sites for hydroxylation is 2. The summed E-state index contributed by atoms with van der Waals surface area (Å²) in [6.45, 7) is -1.84. The lowest BCUT2D eigenvalue weighted by molar-refractivity contribution is -0.166. The lowest BCUT2D eigenvalue weighted by Gasteiger charge is -2.25. The summed E-state index contributed by atoms with van der Waals surface area (Å²) in [5.74, 6) is -2.14. The number of rotatable bonds is 9. The number of ether oxygens (including phenoxy) is 4. The second-order valence-electron chi connectivity index (χ2n) is 9.54. The van der Waals surface area contributed by atoms with Crippen LogP contribution < -0.4 is 0 Å². The van der Waals surface area contributed by atoms with E-state index in [0.717, 1.165) is 10.8 Å². The Balaban J connectivity index is 1.52. The van der Waals surface area contributed by atoms with E-state index in [0.29, 0.717) is 36.2 Å². The van der Waals surface area contributed by atoms with Gasteiger partial charge in [0.25, 0.3) is 0 Å². The molecule has 0 spiro atoms. The minimum Gasteiger partial charge on any atom is -0.463 e. The molecule has 0 radical (unpaired) electrons. The van der Waals surface area contributed by atoms with Crippen LogP contribution >= 0.6 is 23.2 Å². The summed E-state index contributed by atoms with van der Waals surface area (Å²) in [6.07, 6.45) is 0.320. The first-order valence-electron chi connectivity index (χ1n) is 14.8. The zero-order valence-electron chi connectivity index (χ0n) is 24.8. The fourth-order valence-corrected chi connectivity index (χ4v) is 5.40. The summed E-state index contributed by atoms with van der Waals surface area (Å²) in [5.41, 5.74) is 0.978. The van der Waals surface area contributed by atoms with E-state index in [1.165, 1.54) is 0 Å². The van der Waals surface area contributed by atoms with Crippen LogP contribution in [0.2, 0.25) is 10.0 Å². The van der Waals surface area contributed by atoms with Crippen LogP contribution in [-0.2, 0) is 46.3 Å². The second kappa shape index (κ2) is 12.1. The van der Waals surface area contributed by atoms with Gasteiger partial charge in [0.2, 0.25) is 0 Å². The third-order valence-electron chi connectivity index (χ3n) is 6.71. The van der Waals surface area contributed by atoms with Gasteiger partial charge in [0, 0.05) is 50.2 Å². The van der Waals surface area contributed by atoms with Gasteiger partial charge in [-0.1, -0.05) is 47.5 Å². The molecule has 2 aromatic heterocycles. The summed E-state index contributed by atoms with van der Waals surface area (Å²) in [4.78, 5) is 41.3. The molecule has 4 aromatic rings. The molecule has 12 heteroatoms. The first-order valence-corrected chi connectivity index (χ1v) is 13.5. The lowest BCUT2D eigenvalue weighted by Crippen LogP contribution is -2.40. The van der Waals surface area contributed by atoms with Gasteiger partial charge in [0.15, 0.2) is 18.4 Å². The third-order valence-corrected chi connectivity index (χ3v) is 7.43. The van der Waals surface area contributed by atoms with Crippen LogP contribution in [0.3, 0.4) is 0 Å². The van der Waals surface area contributed by atoms with Crippen molar-refractivity contribution in [1.82, 2.24) is 14.1 Å². The van der Waals surface area contributed by atoms with Gasteiger partial charge >= 0.3 is 17.9 Å². The fraction of sp³-hybridized carbons (Fsp3) is 0.379. The summed E-state index contributed by atoms with van der Waals surface area (Å²) < 4.78 is 48.4. The van der Waals surface area contributed by atoms with Crippen LogP contribution in [0.15, 0.2) is 48.8 Å². The van der Waals surface area contributed by atoms with Crippen LogP contribution in [0, 0.1) is 0 Å². The zero-order chi connectivity index (χ0) is 31.4. The van der Waals surface area contributed by atoms with Crippen LogP contribution in [0.4, 0.5) is 0 Å². The van der Waals surface area contributed by atoms with Gasteiger partial charge in [0.1, 0.15) is 18.5 Å². The third kappa shape index (κ3) is 6.34. The van der Waals surface area contributed by atoms with E-state index < -0.39 is 69.8 Å². The molecule has 2 aromatic carbocycles. The topological polar surface area (TPSA) is 111 Å². The van der Waals surface area contributed by atoms with E-state index in [1.54, 1.807) is 16.7 Å². The van der Waals surface area contributed by atoms with Gasteiger partial charge in [-0.25, -0.2) is 4.98 Å². The van der Waals surface area contributed by atoms with Crippen molar-refractivity contribution in [1.29, 1.82) is 0 Å². The van der Waals surface area contributed by atoms with Gasteiger partial charge in [-0.05, 0) is 29.3 Å². The normalized spacial score (nSPS) is 21.4. The van der Waals surface area contributed by atoms with Crippen molar-refractivity contribution in [3.05, 3.63) is 64.7 Å². The van der Waals surface area contributed by atoms with Crippen LogP contribution in [-0.4, -0.2) is 56.9 Å². The molecule has 1 saturated heterocycles. The van der Waals surface area contributed by atoms with Crippen molar-refractivity contribution in [3.63, 3.8) is 0 Å². The molecule has 1 unspecified atom stereocenters. The maximum atomic E-state index is 12.4. The molecule has 3 heterocycles. The molecule has 0 aliphatic carbocycles. The van der Waals surface area contributed by atoms with E-state index >= 15 is 0 Å². The Hall–Kier alpha value is -3.60. The van der Waals surface area contributed by atoms with Crippen molar-refractivity contribution in [2.24, 2.45) is 0 Å². The number of hydrogen-bond donors (Lipinski definition) is 0. The number of halogens is 2. The summed E-state index contributed by atoms with van der Waals surface area (Å²) in [6, 6.07) is 11.2. The fourth-order valence-electron chi connectivity index (χ4n) is 5.09. The average Bonchev–Trinajstić information content (AvgIpc) is 3.69. The van der Waals surface area contributed by atoms with Crippen molar-refractivity contribution < 1.29 is 37.4 Å². The van der Waals surface area contributed by atoms with Crippen LogP contribution in [0.5, 0.6) is 0 Å². The van der Waals surface area contributed by atoms with Gasteiger partial charge in [-0.3, -0.25) is 19.0 Å². The summed E-state index contributed by atoms with van der Waals surface area (Å²) in [7, 11) is 0. The van der Waals surface area contributed by atoms with Crippen LogP contribution in [0.1, 0.15) is 43.3 Å². The maximum Gasteiger partial charge on any atom is 0.303 e. The average molecular weight is 605 g/mol. The minimum absolute atomic E-state index is 0.238. The number of imidazole rings is 1. The number of carbonyl (C=O) groups is 3. The van der Waals surface area contributed by atoms with Crippen molar-refractivity contribution in [2.75, 3.05) is 6.61 Å². The van der Waals surface area contributed by atoms with E-state index in [4.69, 9.17) is 51.2 Å². The molecule has 10 nitrogen and oxygen atoms in total. The molecule has 0 amide bonds. The molecule has 216 valence electrons. The smallest absolute Gasteiger partial charge is 0.303 e. The van der Waals surface area contributed by atoms with Crippen molar-refractivity contribution in [2.45, 2.75) is 64.6 Å². The van der Waals surface area contributed by atoms with Gasteiger partial charge in [0.05, 0.1) is 21.1 Å². The van der Waals surface area contributed by atoms with E-state index in [2.05, 4.69) is 17.0 Å². The van der Waals surface area contributed by atoms with Crippen molar-refractivity contribution in [3.8, 4) is 0 Å². The first kappa shape index (κ1) is 25.1. The first-order chi connectivity index (χ1) is 21.2. The lowest BCUT2D eigenvalue weighted by atomic mass is 10.1. The number of aromatic nitrogens is 3. The molecule has 5 rings (SSSR count). The highest BCUT2D eigenvalue weighted by Gasteiger charge is 2.51. The standard InChI is InChI=1S/C29H29Cl2N3O7/c1-16(35)38-15-25-27(39-17(2)36)28(40-18(3)37)29(41-25)34-24-12-22(31)21(30)11-23(24)32-26(34)9-6-10-33-13-19-7-4-5-8-20(19)14-33/h4-5,7-8,11-14,25,27-29H,6,9-10,15H2,1-3H3/t25-,27-,28-,29?/m1/s1/i1D,2D,3D. The highest BCUT2D eigenvalue weighted by molar-refractivity contribution is 6.42. The number of fused-ring (bicyclic) bond motifs is 2. The minimum atomic E-state index is -1.30. The van der Waals surface area contributed by atoms with Crippen LogP contribution in [0.25, 0.3) is 21.8 Å². The quantitative estimate of drug-likeness (QED) is 0.188. The van der Waals surface area contributed by atoms with E-state index in [9.17, 15) is 14.4 Å². The Morgan fingerprint density at radius 2 is 1.63 bits per heavy atom. The molecular weight excluding hydrogens is 573 g/mol. The van der Waals surface area contributed by atoms with Gasteiger partial charge in [-0.2, -0.15) is 0 Å². The molecule has 4 atom stereocenters. The molecular formula is C29H29Cl2N3O7. The molecule has 1 fully saturated rings. The zero-order valence-corrected chi connectivity index (χ0v) is 23.3. The molecule has 0 N–H and O–H groups in total. The van der Waals surface area contributed by atoms with Gasteiger partial charge < -0.3 is 23.5 Å². The van der Waals surface area contributed by atoms with E-state index in [-0.39, 0.29) is 10.0 Å². The largest absolute Gasteiger partial charge is 0.463 e. The Kier molecular flexibility index (Phi) is 7.42. The Morgan fingerprint density at radius 1 is 0.976 bits per heavy atom. The Morgan fingerprint density at radius 3 is 2.32 bits per heavy atom. The number of carbonyl (C=O) groups excluding carboxylic acids is 3. The maximum absolute atomic E-state index is 12.4. The Bertz CT molecular complexity index is 1650. The summed E-state index contributed by atoms with van der Waals surface area (Å²) in [5, 5.41) is 2.75. The molecule has 0 bridgehead atoms. The highest BCUT2D eigenvalue weighted by Crippen LogP contribution is 2.39. The predicted molar refractivity (Wildman–Crippen MR) is 152 cm³/mol. The summed E-state index contributed by atoms with van der Waals surface area (Å²) >= 11 is 12.7. The molecule has 0 saturated carbocycles. The number of esters is 3. The molecule has 41 heavy (non-hydrogen) atoms. The molecule has 1 aliphatic heterocycles. The highest BCUT2D eigenvalue weighted by atomic mass is 35.5. The number of nitrogens with zero attached hydrogens (tertiary/aromatic N) is 3. The monoisotopic (exact) mass is 604 g/mol. The molecule has 1 aliphatic rings. The second-order valence-corrected chi connectivity index (χ2v) is 10.4. The van der Waals surface area contributed by atoms with E-state index in [1.807, 2.05) is 24.3 Å². The SMILES string of the molecule is [2H]CC(=O)OC[C@H]1OC(n2c(CCCn3cc4ccccc4c3)nc3cc(Cl)c(Cl)cc32)[C@H](OC(=O)C[2H])[C@@H]1OC(=O)C[2H]. The van der Waals surface area contributed by atoms with Crippen molar-refractivity contribution >= 4 is 62.9 Å². The van der Waals surface area contributed by atoms with Gasteiger partial charge in [-0.15, -0.1) is 0 Å². The number of hydrogen-bond acceptors (Lipinski definition) is 8. The predicted octanol–water partition coefficient (Wildman–Crippen LogP) is 5.25. The Labute approximate surface area is 250 Å². The number of benzene rings is 2.